The Balaban J connectivity index is 1.83. The molecule has 6 nitrogen and oxygen atoms in total. The summed E-state index contributed by atoms with van der Waals surface area (Å²) >= 11 is 0. The number of hydrogen-bond donors (Lipinski definition) is 0. The number of nitrogens with zero attached hydrogens (tertiary/aromatic N) is 2. The van der Waals surface area contributed by atoms with Gasteiger partial charge in [0.1, 0.15) is 17.0 Å². The third kappa shape index (κ3) is 3.27. The number of likely N-dealkylation sites (tertiary alicyclic amines) is 1. The Labute approximate surface area is 146 Å². The summed E-state index contributed by atoms with van der Waals surface area (Å²) < 4.78 is 24.9. The zero-order valence-electron chi connectivity index (χ0n) is 15.0. The zero-order valence-corrected chi connectivity index (χ0v) is 15.0. The van der Waals surface area contributed by atoms with Crippen LogP contribution in [-0.2, 0) is 15.1 Å². The summed E-state index contributed by atoms with van der Waals surface area (Å²) in [5.74, 6) is -0.376. The molecule has 0 aliphatic carbocycles. The molecule has 1 aromatic rings. The molecule has 136 valence electrons. The van der Waals surface area contributed by atoms with E-state index < -0.39 is 17.3 Å². The minimum absolute atomic E-state index is 0.376. The molecule has 1 aromatic carbocycles. The lowest BCUT2D eigenvalue weighted by Crippen LogP contribution is -2.52. The Kier molecular flexibility index (Phi) is 4.13. The van der Waals surface area contributed by atoms with Crippen LogP contribution in [0.2, 0.25) is 0 Å². The second kappa shape index (κ2) is 5.89. The van der Waals surface area contributed by atoms with Crippen molar-refractivity contribution in [1.29, 1.82) is 0 Å². The summed E-state index contributed by atoms with van der Waals surface area (Å²) in [7, 11) is 1.60. The molecule has 2 aliphatic rings. The first-order valence-corrected chi connectivity index (χ1v) is 8.36. The fourth-order valence-corrected chi connectivity index (χ4v) is 3.30. The van der Waals surface area contributed by atoms with Gasteiger partial charge in [-0.15, -0.1) is 0 Å². The molecule has 0 bridgehead atoms. The van der Waals surface area contributed by atoms with E-state index in [2.05, 4.69) is 0 Å². The second-order valence-corrected chi connectivity index (χ2v) is 7.55. The highest BCUT2D eigenvalue weighted by molar-refractivity contribution is 5.91. The highest BCUT2D eigenvalue weighted by atomic mass is 19.1. The molecule has 0 aromatic heterocycles. The van der Waals surface area contributed by atoms with Crippen molar-refractivity contribution in [1.82, 2.24) is 4.90 Å². The van der Waals surface area contributed by atoms with Gasteiger partial charge in [-0.2, -0.15) is 0 Å². The van der Waals surface area contributed by atoms with Crippen molar-refractivity contribution in [2.75, 3.05) is 25.0 Å². The second-order valence-electron chi connectivity index (χ2n) is 7.55. The van der Waals surface area contributed by atoms with E-state index in [0.29, 0.717) is 37.2 Å². The van der Waals surface area contributed by atoms with Gasteiger partial charge >= 0.3 is 12.2 Å². The Bertz CT molecular complexity index is 706. The molecule has 3 rings (SSSR count). The number of piperidine rings is 1. The molecule has 0 radical (unpaired) electrons. The Morgan fingerprint density at radius 1 is 1.28 bits per heavy atom. The van der Waals surface area contributed by atoms with Crippen molar-refractivity contribution < 1.29 is 23.5 Å². The highest BCUT2D eigenvalue weighted by Crippen LogP contribution is 2.45. The van der Waals surface area contributed by atoms with Gasteiger partial charge in [0.05, 0.1) is 5.69 Å². The first kappa shape index (κ1) is 17.5. The summed E-state index contributed by atoms with van der Waals surface area (Å²) in [6, 6.07) is 4.34. The first-order chi connectivity index (χ1) is 11.6. The number of fused-ring (bicyclic) bond motifs is 2. The zero-order chi connectivity index (χ0) is 18.4. The van der Waals surface area contributed by atoms with E-state index in [-0.39, 0.29) is 11.9 Å². The molecule has 0 N–H and O–H groups in total. The van der Waals surface area contributed by atoms with E-state index in [9.17, 15) is 14.0 Å². The maximum Gasteiger partial charge on any atom is 0.414 e. The number of rotatable bonds is 0. The van der Waals surface area contributed by atoms with Gasteiger partial charge in [0.2, 0.25) is 0 Å². The average Bonchev–Trinajstić information content (AvgIpc) is 2.52. The number of hydrogen-bond acceptors (Lipinski definition) is 4. The van der Waals surface area contributed by atoms with Gasteiger partial charge in [-0.3, -0.25) is 4.90 Å². The van der Waals surface area contributed by atoms with E-state index in [4.69, 9.17) is 9.47 Å². The third-order valence-corrected chi connectivity index (χ3v) is 4.59. The molecule has 1 spiro atoms. The fraction of sp³-hybridized carbons (Fsp3) is 0.556. The number of carbonyl (C=O) groups excluding carboxylic acids is 2. The number of halogens is 1. The van der Waals surface area contributed by atoms with Gasteiger partial charge in [0, 0.05) is 38.5 Å². The number of benzene rings is 1. The number of amides is 2. The van der Waals surface area contributed by atoms with Crippen LogP contribution in [0.1, 0.15) is 39.2 Å². The van der Waals surface area contributed by atoms with Crippen LogP contribution < -0.4 is 4.90 Å². The molecule has 1 saturated heterocycles. The quantitative estimate of drug-likeness (QED) is 0.717. The molecule has 0 atom stereocenters. The Morgan fingerprint density at radius 2 is 1.92 bits per heavy atom. The van der Waals surface area contributed by atoms with Gasteiger partial charge in [-0.1, -0.05) is 0 Å². The van der Waals surface area contributed by atoms with Crippen molar-refractivity contribution >= 4 is 17.9 Å². The lowest BCUT2D eigenvalue weighted by atomic mass is 9.82. The van der Waals surface area contributed by atoms with Gasteiger partial charge < -0.3 is 14.4 Å². The van der Waals surface area contributed by atoms with Crippen molar-refractivity contribution in [3.63, 3.8) is 0 Å². The van der Waals surface area contributed by atoms with Crippen molar-refractivity contribution in [3.05, 3.63) is 29.6 Å². The van der Waals surface area contributed by atoms with Crippen molar-refractivity contribution in [2.24, 2.45) is 0 Å². The Morgan fingerprint density at radius 3 is 2.52 bits per heavy atom. The van der Waals surface area contributed by atoms with Gasteiger partial charge in [-0.05, 0) is 39.0 Å². The van der Waals surface area contributed by atoms with Crippen LogP contribution in [-0.4, -0.2) is 42.8 Å². The standard InChI is InChI=1S/C18H23FN2O4/c1-17(2,3)24-16(23)21-9-7-18(8-10-21)13-11-12(19)5-6-14(13)20(4)15(22)25-18/h5-6,11H,7-10H2,1-4H3. The largest absolute Gasteiger partial charge is 0.444 e. The normalized spacial score (nSPS) is 19.5. The summed E-state index contributed by atoms with van der Waals surface area (Å²) in [6.45, 7) is 6.19. The number of anilines is 1. The molecule has 2 amide bonds. The minimum Gasteiger partial charge on any atom is -0.444 e. The number of ether oxygens (including phenoxy) is 2. The maximum atomic E-state index is 13.8. The monoisotopic (exact) mass is 350 g/mol. The third-order valence-electron chi connectivity index (χ3n) is 4.59. The number of carbonyl (C=O) groups is 2. The summed E-state index contributed by atoms with van der Waals surface area (Å²) in [4.78, 5) is 27.4. The van der Waals surface area contributed by atoms with Gasteiger partial charge in [0.25, 0.3) is 0 Å². The van der Waals surface area contributed by atoms with Crippen LogP contribution in [0.5, 0.6) is 0 Å². The van der Waals surface area contributed by atoms with E-state index >= 15 is 0 Å². The van der Waals surface area contributed by atoms with Crippen LogP contribution in [0.3, 0.4) is 0 Å². The molecule has 25 heavy (non-hydrogen) atoms. The topological polar surface area (TPSA) is 59.1 Å². The van der Waals surface area contributed by atoms with E-state index in [0.717, 1.165) is 0 Å². The molecule has 1 fully saturated rings. The lowest BCUT2D eigenvalue weighted by Gasteiger charge is -2.46. The van der Waals surface area contributed by atoms with E-state index in [1.165, 1.54) is 17.0 Å². The van der Waals surface area contributed by atoms with E-state index in [1.54, 1.807) is 18.0 Å². The first-order valence-electron chi connectivity index (χ1n) is 8.36. The molecule has 0 saturated carbocycles. The SMILES string of the molecule is CN1C(=O)OC2(CCN(C(=O)OC(C)(C)C)CC2)c2cc(F)ccc21. The smallest absolute Gasteiger partial charge is 0.414 e. The van der Waals surface area contributed by atoms with Crippen LogP contribution in [0.15, 0.2) is 18.2 Å². The molecule has 2 heterocycles. The predicted molar refractivity (Wildman–Crippen MR) is 90.0 cm³/mol. The van der Waals surface area contributed by atoms with Crippen molar-refractivity contribution in [2.45, 2.75) is 44.8 Å². The summed E-state index contributed by atoms with van der Waals surface area (Å²) in [5, 5.41) is 0. The van der Waals surface area contributed by atoms with Gasteiger partial charge in [0.15, 0.2) is 0 Å². The van der Waals surface area contributed by atoms with Gasteiger partial charge in [-0.25, -0.2) is 14.0 Å². The fourth-order valence-electron chi connectivity index (χ4n) is 3.30. The van der Waals surface area contributed by atoms with Crippen LogP contribution in [0.4, 0.5) is 19.7 Å². The molecule has 0 unspecified atom stereocenters. The molecule has 7 heteroatoms. The summed E-state index contributed by atoms with van der Waals surface area (Å²) in [5.41, 5.74) is -0.177. The van der Waals surface area contributed by atoms with Crippen LogP contribution in [0.25, 0.3) is 0 Å². The summed E-state index contributed by atoms with van der Waals surface area (Å²) in [6.07, 6.45) is -0.0456. The predicted octanol–water partition coefficient (Wildman–Crippen LogP) is 3.64. The molecule has 2 aliphatic heterocycles. The van der Waals surface area contributed by atoms with Crippen molar-refractivity contribution in [3.8, 4) is 0 Å². The molecular formula is C18H23FN2O4. The lowest BCUT2D eigenvalue weighted by molar-refractivity contribution is -0.0469. The maximum absolute atomic E-state index is 13.8. The minimum atomic E-state index is -0.903. The van der Waals surface area contributed by atoms with Crippen LogP contribution >= 0.6 is 0 Å². The molecular weight excluding hydrogens is 327 g/mol. The van der Waals surface area contributed by atoms with E-state index in [1.807, 2.05) is 20.8 Å². The Hall–Kier alpha value is -2.31. The highest BCUT2D eigenvalue weighted by Gasteiger charge is 2.47. The van der Waals surface area contributed by atoms with Crippen LogP contribution in [0, 0.1) is 5.82 Å². The average molecular weight is 350 g/mol.